The fourth-order valence-electron chi connectivity index (χ4n) is 1.53. The normalized spacial score (nSPS) is 11.7. The third kappa shape index (κ3) is 3.09. The molecule has 1 aromatic heterocycles. The maximum Gasteiger partial charge on any atom is 0.245 e. The van der Waals surface area contributed by atoms with Crippen LogP contribution in [-0.2, 0) is 16.6 Å². The van der Waals surface area contributed by atoms with Crippen LogP contribution >= 0.6 is 11.3 Å². The topological polar surface area (TPSA) is 85.1 Å². The minimum atomic E-state index is -3.98. The molecule has 0 radical (unpaired) electrons. The number of aromatic nitrogens is 1. The van der Waals surface area contributed by atoms with Crippen molar-refractivity contribution in [1.82, 2.24) is 9.71 Å². The minimum absolute atomic E-state index is 0.0572. The van der Waals surface area contributed by atoms with Gasteiger partial charge >= 0.3 is 0 Å². The Morgan fingerprint density at radius 3 is 2.79 bits per heavy atom. The van der Waals surface area contributed by atoms with Crippen LogP contribution in [0.25, 0.3) is 0 Å². The number of hydrogen-bond donors (Lipinski definition) is 2. The van der Waals surface area contributed by atoms with E-state index in [1.54, 1.807) is 6.20 Å². The summed E-state index contributed by atoms with van der Waals surface area (Å²) in [5, 5.41) is 0.833. The Kier molecular flexibility index (Phi) is 3.83. The van der Waals surface area contributed by atoms with Crippen LogP contribution in [-0.4, -0.2) is 13.4 Å². The van der Waals surface area contributed by atoms with E-state index < -0.39 is 20.7 Å². The summed E-state index contributed by atoms with van der Waals surface area (Å²) in [5.74, 6) is -0.868. The zero-order chi connectivity index (χ0) is 14.0. The smallest absolute Gasteiger partial charge is 0.245 e. The van der Waals surface area contributed by atoms with Gasteiger partial charge in [-0.1, -0.05) is 6.07 Å². The lowest BCUT2D eigenvalue weighted by Crippen LogP contribution is -2.24. The molecule has 0 amide bonds. The SMILES string of the molecule is Cc1ncc(CNS(=O)(=O)c2c(N)cccc2F)s1. The molecule has 5 nitrogen and oxygen atoms in total. The fraction of sp³-hybridized carbons (Fsp3) is 0.182. The van der Waals surface area contributed by atoms with Crippen molar-refractivity contribution in [3.63, 3.8) is 0 Å². The molecule has 2 aromatic rings. The van der Waals surface area contributed by atoms with Gasteiger partial charge in [0.05, 0.1) is 10.7 Å². The first kappa shape index (κ1) is 13.9. The van der Waals surface area contributed by atoms with E-state index in [0.29, 0.717) is 0 Å². The Bertz CT molecular complexity index is 677. The number of sulfonamides is 1. The molecule has 0 bridgehead atoms. The van der Waals surface area contributed by atoms with Gasteiger partial charge in [0.1, 0.15) is 10.7 Å². The highest BCUT2D eigenvalue weighted by Crippen LogP contribution is 2.22. The number of rotatable bonds is 4. The summed E-state index contributed by atoms with van der Waals surface area (Å²) in [6.45, 7) is 1.87. The zero-order valence-electron chi connectivity index (χ0n) is 10.1. The molecule has 0 saturated carbocycles. The van der Waals surface area contributed by atoms with Crippen LogP contribution in [0.3, 0.4) is 0 Å². The van der Waals surface area contributed by atoms with Crippen LogP contribution < -0.4 is 10.5 Å². The van der Waals surface area contributed by atoms with Crippen molar-refractivity contribution >= 4 is 27.0 Å². The quantitative estimate of drug-likeness (QED) is 0.841. The monoisotopic (exact) mass is 301 g/mol. The molecule has 0 aliphatic carbocycles. The van der Waals surface area contributed by atoms with E-state index in [2.05, 4.69) is 9.71 Å². The Balaban J connectivity index is 2.23. The Labute approximate surface area is 114 Å². The van der Waals surface area contributed by atoms with Crippen LogP contribution in [0, 0.1) is 12.7 Å². The number of halogens is 1. The largest absolute Gasteiger partial charge is 0.398 e. The Morgan fingerprint density at radius 2 is 2.21 bits per heavy atom. The second kappa shape index (κ2) is 5.24. The van der Waals surface area contributed by atoms with Gasteiger partial charge in [-0.25, -0.2) is 22.5 Å². The molecule has 2 rings (SSSR count). The second-order valence-electron chi connectivity index (χ2n) is 3.83. The molecule has 19 heavy (non-hydrogen) atoms. The third-order valence-electron chi connectivity index (χ3n) is 2.37. The summed E-state index contributed by atoms with van der Waals surface area (Å²) in [4.78, 5) is 4.24. The number of nitrogen functional groups attached to an aromatic ring is 1. The van der Waals surface area contributed by atoms with E-state index in [4.69, 9.17) is 5.73 Å². The van der Waals surface area contributed by atoms with Gasteiger partial charge in [0, 0.05) is 17.6 Å². The van der Waals surface area contributed by atoms with Crippen LogP contribution in [0.5, 0.6) is 0 Å². The molecule has 0 unspecified atom stereocenters. The highest BCUT2D eigenvalue weighted by atomic mass is 32.2. The number of hydrogen-bond acceptors (Lipinski definition) is 5. The summed E-state index contributed by atoms with van der Waals surface area (Å²) in [6, 6.07) is 3.76. The standard InChI is InChI=1S/C11H12FN3O2S2/c1-7-14-5-8(18-7)6-15-19(16,17)11-9(12)3-2-4-10(11)13/h2-5,15H,6,13H2,1H3. The van der Waals surface area contributed by atoms with E-state index in [1.807, 2.05) is 6.92 Å². The number of thiazole rings is 1. The van der Waals surface area contributed by atoms with Crippen molar-refractivity contribution in [2.45, 2.75) is 18.4 Å². The lowest BCUT2D eigenvalue weighted by atomic mass is 10.3. The molecule has 3 N–H and O–H groups in total. The lowest BCUT2D eigenvalue weighted by Gasteiger charge is -2.08. The molecule has 0 atom stereocenters. The zero-order valence-corrected chi connectivity index (χ0v) is 11.7. The van der Waals surface area contributed by atoms with Gasteiger partial charge in [-0.2, -0.15) is 0 Å². The average molecular weight is 301 g/mol. The number of nitrogens with zero attached hydrogens (tertiary/aromatic N) is 1. The number of nitrogens with one attached hydrogen (secondary N) is 1. The van der Waals surface area contributed by atoms with Crippen molar-refractivity contribution in [3.05, 3.63) is 40.1 Å². The molecule has 0 aliphatic heterocycles. The van der Waals surface area contributed by atoms with Crippen LogP contribution in [0.15, 0.2) is 29.3 Å². The summed E-state index contributed by atoms with van der Waals surface area (Å²) >= 11 is 1.37. The molecule has 0 saturated heterocycles. The predicted octanol–water partition coefficient (Wildman–Crippen LogP) is 1.65. The van der Waals surface area contributed by atoms with Crippen LogP contribution in [0.1, 0.15) is 9.88 Å². The van der Waals surface area contributed by atoms with Gasteiger partial charge in [-0.3, -0.25) is 0 Å². The summed E-state index contributed by atoms with van der Waals surface area (Å²) in [5.41, 5.74) is 5.39. The van der Waals surface area contributed by atoms with Crippen molar-refractivity contribution in [1.29, 1.82) is 0 Å². The molecule has 1 aromatic carbocycles. The summed E-state index contributed by atoms with van der Waals surface area (Å²) in [7, 11) is -3.98. The van der Waals surface area contributed by atoms with E-state index >= 15 is 0 Å². The van der Waals surface area contributed by atoms with E-state index in [-0.39, 0.29) is 12.2 Å². The molecular weight excluding hydrogens is 289 g/mol. The predicted molar refractivity (Wildman–Crippen MR) is 71.7 cm³/mol. The minimum Gasteiger partial charge on any atom is -0.398 e. The fourth-order valence-corrected chi connectivity index (χ4v) is 3.55. The van der Waals surface area contributed by atoms with Gasteiger partial charge in [-0.05, 0) is 19.1 Å². The highest BCUT2D eigenvalue weighted by molar-refractivity contribution is 7.89. The van der Waals surface area contributed by atoms with E-state index in [9.17, 15) is 12.8 Å². The maximum atomic E-state index is 13.6. The summed E-state index contributed by atoms with van der Waals surface area (Å²) in [6.07, 6.45) is 1.58. The van der Waals surface area contributed by atoms with E-state index in [1.165, 1.54) is 23.5 Å². The number of anilines is 1. The summed E-state index contributed by atoms with van der Waals surface area (Å²) < 4.78 is 39.9. The lowest BCUT2D eigenvalue weighted by molar-refractivity contribution is 0.558. The molecule has 0 spiro atoms. The van der Waals surface area contributed by atoms with Gasteiger partial charge < -0.3 is 5.73 Å². The number of benzene rings is 1. The molecular formula is C11H12FN3O2S2. The van der Waals surface area contributed by atoms with Gasteiger partial charge in [0.25, 0.3) is 0 Å². The van der Waals surface area contributed by atoms with Crippen LogP contribution in [0.2, 0.25) is 0 Å². The first-order chi connectivity index (χ1) is 8.90. The molecule has 1 heterocycles. The maximum absolute atomic E-state index is 13.6. The van der Waals surface area contributed by atoms with Crippen LogP contribution in [0.4, 0.5) is 10.1 Å². The highest BCUT2D eigenvalue weighted by Gasteiger charge is 2.21. The number of aryl methyl sites for hydroxylation is 1. The first-order valence-corrected chi connectivity index (χ1v) is 7.65. The van der Waals surface area contributed by atoms with Gasteiger partial charge in [0.2, 0.25) is 10.0 Å². The molecule has 8 heteroatoms. The van der Waals surface area contributed by atoms with Crippen molar-refractivity contribution in [3.8, 4) is 0 Å². The third-order valence-corrected chi connectivity index (χ3v) is 4.78. The Morgan fingerprint density at radius 1 is 1.47 bits per heavy atom. The van der Waals surface area contributed by atoms with Crippen molar-refractivity contribution < 1.29 is 12.8 Å². The van der Waals surface area contributed by atoms with Crippen molar-refractivity contribution in [2.24, 2.45) is 0 Å². The Hall–Kier alpha value is -1.51. The molecule has 102 valence electrons. The molecule has 0 fully saturated rings. The second-order valence-corrected chi connectivity index (χ2v) is 6.85. The molecule has 0 aliphatic rings. The first-order valence-electron chi connectivity index (χ1n) is 5.35. The van der Waals surface area contributed by atoms with E-state index in [0.717, 1.165) is 16.0 Å². The van der Waals surface area contributed by atoms with Gasteiger partial charge in [0.15, 0.2) is 0 Å². The van der Waals surface area contributed by atoms with Gasteiger partial charge in [-0.15, -0.1) is 11.3 Å². The van der Waals surface area contributed by atoms with Crippen molar-refractivity contribution in [2.75, 3.05) is 5.73 Å². The number of nitrogens with two attached hydrogens (primary N) is 1. The average Bonchev–Trinajstić information content (AvgIpc) is 2.72.